The quantitative estimate of drug-likeness (QED) is 0.475. The summed E-state index contributed by atoms with van der Waals surface area (Å²) in [4.78, 5) is 36.4. The van der Waals surface area contributed by atoms with Crippen LogP contribution in [0.2, 0.25) is 0 Å². The Labute approximate surface area is 237 Å². The highest BCUT2D eigenvalue weighted by Gasteiger charge is 2.72. The van der Waals surface area contributed by atoms with Gasteiger partial charge in [0, 0.05) is 48.9 Å². The number of aromatic nitrogens is 5. The lowest BCUT2D eigenvalue weighted by molar-refractivity contribution is -0.177. The number of pyridine rings is 2. The van der Waals surface area contributed by atoms with Crippen LogP contribution in [0.25, 0.3) is 16.9 Å². The third-order valence-corrected chi connectivity index (χ3v) is 11.2. The first-order valence-electron chi connectivity index (χ1n) is 15.3. The molecule has 5 saturated carbocycles. The summed E-state index contributed by atoms with van der Waals surface area (Å²) in [6.07, 6.45) is 10.6. The molecule has 10 rings (SSSR count). The first-order valence-corrected chi connectivity index (χ1v) is 15.3. The second-order valence-corrected chi connectivity index (χ2v) is 13.6. The monoisotopic (exact) mass is 556 g/mol. The molecule has 11 nitrogen and oxygen atoms in total. The molecule has 5 heterocycles. The Morgan fingerprint density at radius 2 is 2.00 bits per heavy atom. The van der Waals surface area contributed by atoms with Crippen LogP contribution in [0.5, 0.6) is 5.88 Å². The largest absolute Gasteiger partial charge is 0.481 e. The fraction of sp³-hybridized carbons (Fsp3) is 0.633. The third kappa shape index (κ3) is 3.26. The highest BCUT2D eigenvalue weighted by Crippen LogP contribution is 2.75. The van der Waals surface area contributed by atoms with Gasteiger partial charge >= 0.3 is 0 Å². The van der Waals surface area contributed by atoms with Gasteiger partial charge in [0.1, 0.15) is 11.7 Å². The summed E-state index contributed by atoms with van der Waals surface area (Å²) in [5.41, 5.74) is 3.46. The van der Waals surface area contributed by atoms with Crippen LogP contribution in [0.3, 0.4) is 0 Å². The summed E-state index contributed by atoms with van der Waals surface area (Å²) >= 11 is 0. The molecule has 11 heteroatoms. The van der Waals surface area contributed by atoms with Crippen molar-refractivity contribution in [2.45, 2.75) is 87.9 Å². The summed E-state index contributed by atoms with van der Waals surface area (Å²) < 4.78 is 7.38. The number of amides is 1. The lowest BCUT2D eigenvalue weighted by Gasteiger charge is -2.71. The zero-order valence-electron chi connectivity index (χ0n) is 23.6. The second kappa shape index (κ2) is 8.08. The summed E-state index contributed by atoms with van der Waals surface area (Å²) in [5.74, 6) is 1.42. The molecule has 2 aliphatic heterocycles. The Morgan fingerprint density at radius 1 is 1.17 bits per heavy atom. The average molecular weight is 557 g/mol. The Morgan fingerprint density at radius 3 is 2.73 bits per heavy atom. The highest BCUT2D eigenvalue weighted by molar-refractivity contribution is 5.87. The van der Waals surface area contributed by atoms with Gasteiger partial charge in [-0.1, -0.05) is 6.92 Å². The number of rotatable bonds is 6. The molecule has 7 aliphatic rings. The fourth-order valence-electron chi connectivity index (χ4n) is 9.04. The molecule has 3 aromatic heterocycles. The number of hydrogen-bond acceptors (Lipinski definition) is 8. The molecule has 2 N–H and O–H groups in total. The molecule has 41 heavy (non-hydrogen) atoms. The van der Waals surface area contributed by atoms with Crippen molar-refractivity contribution < 1.29 is 9.53 Å². The summed E-state index contributed by atoms with van der Waals surface area (Å²) in [6.45, 7) is 3.75. The van der Waals surface area contributed by atoms with Crippen molar-refractivity contribution in [3.8, 4) is 11.6 Å². The summed E-state index contributed by atoms with van der Waals surface area (Å²) in [6, 6.07) is 3.80. The van der Waals surface area contributed by atoms with Gasteiger partial charge in [0.2, 0.25) is 17.2 Å². The number of anilines is 1. The molecule has 2 bridgehead atoms. The number of methoxy groups -OCH3 is 1. The van der Waals surface area contributed by atoms with Crippen LogP contribution in [0, 0.1) is 11.3 Å². The minimum atomic E-state index is -0.426. The molecule has 1 saturated heterocycles. The van der Waals surface area contributed by atoms with Crippen LogP contribution >= 0.6 is 0 Å². The van der Waals surface area contributed by atoms with Crippen molar-refractivity contribution in [2.75, 3.05) is 25.1 Å². The van der Waals surface area contributed by atoms with Gasteiger partial charge in [0.25, 0.3) is 0 Å². The Kier molecular flexibility index (Phi) is 4.76. The van der Waals surface area contributed by atoms with Gasteiger partial charge < -0.3 is 24.8 Å². The Hall–Kier alpha value is -3.47. The summed E-state index contributed by atoms with van der Waals surface area (Å²) in [7, 11) is 1.56. The van der Waals surface area contributed by atoms with Crippen molar-refractivity contribution in [3.05, 3.63) is 34.2 Å². The molecule has 1 amide bonds. The van der Waals surface area contributed by atoms with Crippen molar-refractivity contribution in [1.82, 2.24) is 35.2 Å². The van der Waals surface area contributed by atoms with E-state index in [-0.39, 0.29) is 28.8 Å². The van der Waals surface area contributed by atoms with Crippen molar-refractivity contribution in [1.29, 1.82) is 0 Å². The van der Waals surface area contributed by atoms with Crippen LogP contribution in [0.15, 0.2) is 23.1 Å². The summed E-state index contributed by atoms with van der Waals surface area (Å²) in [5, 5.41) is 16.7. The normalized spacial score (nSPS) is 34.7. The van der Waals surface area contributed by atoms with Crippen LogP contribution < -0.4 is 25.7 Å². The number of piperazine rings is 1. The molecule has 5 aliphatic carbocycles. The van der Waals surface area contributed by atoms with Gasteiger partial charge in [-0.2, -0.15) is 0 Å². The zero-order chi connectivity index (χ0) is 27.7. The molecule has 2 unspecified atom stereocenters. The van der Waals surface area contributed by atoms with Gasteiger partial charge in [-0.3, -0.25) is 9.59 Å². The number of carbonyl (C=O) groups is 1. The van der Waals surface area contributed by atoms with Gasteiger partial charge in [-0.05, 0) is 68.8 Å². The van der Waals surface area contributed by atoms with Gasteiger partial charge in [0.15, 0.2) is 11.2 Å². The number of ether oxygens (including phenoxy) is 1. The maximum atomic E-state index is 14.3. The van der Waals surface area contributed by atoms with Gasteiger partial charge in [0.05, 0.1) is 18.5 Å². The number of nitrogens with one attached hydrogen (secondary N) is 2. The van der Waals surface area contributed by atoms with E-state index in [1.54, 1.807) is 25.4 Å². The lowest BCUT2D eigenvalue weighted by Crippen LogP contribution is -2.75. The van der Waals surface area contributed by atoms with E-state index in [2.05, 4.69) is 32.0 Å². The SMILES string of the molecule is COc1cc(-n2nc3c(=O)c(N4CCN[C@H]5CC[C@@H]54)c4n(c3n2)C(C(=O)NC23CC(C5CC5)(C2)C3)CC4C)ccn1. The van der Waals surface area contributed by atoms with E-state index in [9.17, 15) is 9.59 Å². The van der Waals surface area contributed by atoms with E-state index in [4.69, 9.17) is 14.9 Å². The standard InChI is InChI=1S/C30H36N8O3/c1-16-11-21(28(40)33-30-13-29(14-30,15-30)17-3-4-17)37-24(16)25(36-10-9-31-19-5-6-20(19)36)26(39)23-27(37)35-38(34-23)18-7-8-32-22(12-18)41-2/h7-8,12,16-17,19-21,31H,3-6,9-11,13-15H2,1-2H3,(H,33,40)/t16?,19-,20-,21?,29?,30?/m0/s1. The Bertz CT molecular complexity index is 1650. The number of carbonyl (C=O) groups excluding carboxylic acids is 1. The Balaban J connectivity index is 1.17. The van der Waals surface area contributed by atoms with E-state index < -0.39 is 6.04 Å². The number of nitrogens with zero attached hydrogens (tertiary/aromatic N) is 6. The molecule has 4 atom stereocenters. The maximum absolute atomic E-state index is 14.3. The third-order valence-electron chi connectivity index (χ3n) is 11.2. The number of hydrogen-bond donors (Lipinski definition) is 2. The van der Waals surface area contributed by atoms with E-state index in [0.717, 1.165) is 56.8 Å². The minimum Gasteiger partial charge on any atom is -0.481 e. The smallest absolute Gasteiger partial charge is 0.243 e. The maximum Gasteiger partial charge on any atom is 0.243 e. The molecular weight excluding hydrogens is 520 g/mol. The first-order chi connectivity index (χ1) is 19.9. The molecular formula is C30H36N8O3. The highest BCUT2D eigenvalue weighted by atomic mass is 16.5. The second-order valence-electron chi connectivity index (χ2n) is 13.6. The first kappa shape index (κ1) is 24.2. The average Bonchev–Trinajstić information content (AvgIpc) is 3.55. The van der Waals surface area contributed by atoms with Crippen LogP contribution in [-0.4, -0.2) is 68.3 Å². The van der Waals surface area contributed by atoms with Crippen LogP contribution in [0.1, 0.15) is 75.9 Å². The molecule has 0 radical (unpaired) electrons. The van der Waals surface area contributed by atoms with Crippen LogP contribution in [-0.2, 0) is 4.79 Å². The molecule has 0 spiro atoms. The van der Waals surface area contributed by atoms with Gasteiger partial charge in [-0.15, -0.1) is 15.0 Å². The van der Waals surface area contributed by atoms with Crippen LogP contribution in [0.4, 0.5) is 5.69 Å². The predicted octanol–water partition coefficient (Wildman–Crippen LogP) is 2.42. The lowest BCUT2D eigenvalue weighted by atomic mass is 9.37. The molecule has 6 fully saturated rings. The predicted molar refractivity (Wildman–Crippen MR) is 152 cm³/mol. The minimum absolute atomic E-state index is 0.0322. The van der Waals surface area contributed by atoms with E-state index >= 15 is 0 Å². The van der Waals surface area contributed by atoms with E-state index in [1.165, 1.54) is 17.6 Å². The van der Waals surface area contributed by atoms with Crippen molar-refractivity contribution >= 4 is 22.8 Å². The van der Waals surface area contributed by atoms with E-state index in [1.807, 2.05) is 0 Å². The molecule has 214 valence electrons. The van der Waals surface area contributed by atoms with Crippen molar-refractivity contribution in [3.63, 3.8) is 0 Å². The van der Waals surface area contributed by atoms with E-state index in [0.29, 0.717) is 46.3 Å². The topological polar surface area (TPSA) is 119 Å². The van der Waals surface area contributed by atoms with Crippen molar-refractivity contribution in [2.24, 2.45) is 11.3 Å². The van der Waals surface area contributed by atoms with Gasteiger partial charge in [-0.25, -0.2) is 4.98 Å². The fourth-order valence-corrected chi connectivity index (χ4v) is 9.04. The molecule has 3 aromatic rings. The zero-order valence-corrected chi connectivity index (χ0v) is 23.6. The number of fused-ring (bicyclic) bond motifs is 4. The molecule has 0 aromatic carbocycles.